The van der Waals surface area contributed by atoms with Crippen LogP contribution in [0.1, 0.15) is 110 Å². The van der Waals surface area contributed by atoms with E-state index in [0.717, 1.165) is 12.8 Å². The molecule has 0 aromatic carbocycles. The molecule has 0 aliphatic carbocycles. The molecule has 2 unspecified atom stereocenters. The number of aliphatic hydroxyl groups excluding tert-OH is 1. The molecule has 0 saturated carbocycles. The summed E-state index contributed by atoms with van der Waals surface area (Å²) in [7, 11) is 1.53. The second-order valence-electron chi connectivity index (χ2n) is 8.03. The highest BCUT2D eigenvalue weighted by atomic mass is 16.6. The molecule has 0 aliphatic rings. The molecule has 0 spiro atoms. The van der Waals surface area contributed by atoms with Gasteiger partial charge < -0.3 is 20.5 Å². The van der Waals surface area contributed by atoms with E-state index in [0.29, 0.717) is 12.6 Å². The quantitative estimate of drug-likeness (QED) is 0.234. The van der Waals surface area contributed by atoms with E-state index >= 15 is 0 Å². The first-order chi connectivity index (χ1) is 13.7. The van der Waals surface area contributed by atoms with Gasteiger partial charge in [-0.2, -0.15) is 0 Å². The summed E-state index contributed by atoms with van der Waals surface area (Å²) in [6, 6.07) is 0.445. The standard InChI is InChI=1S/C23H48N2O3/c1-4-6-8-9-10-11-12-13-14-15-16-18-21(17-7-5-2)25-19-22(20-26)28-23(27)24-3/h21-22,25-26H,4-20H2,1-3H3,(H,24,27). The molecule has 0 heterocycles. The summed E-state index contributed by atoms with van der Waals surface area (Å²) in [5.41, 5.74) is 0. The van der Waals surface area contributed by atoms with Gasteiger partial charge in [0, 0.05) is 19.6 Å². The predicted molar refractivity (Wildman–Crippen MR) is 119 cm³/mol. The van der Waals surface area contributed by atoms with Gasteiger partial charge in [-0.05, 0) is 12.8 Å². The highest BCUT2D eigenvalue weighted by Crippen LogP contribution is 2.14. The molecule has 0 aliphatic heterocycles. The molecular formula is C23H48N2O3. The second kappa shape index (κ2) is 20.9. The Balaban J connectivity index is 3.83. The topological polar surface area (TPSA) is 70.6 Å². The number of rotatable bonds is 20. The Labute approximate surface area is 174 Å². The normalized spacial score (nSPS) is 13.3. The summed E-state index contributed by atoms with van der Waals surface area (Å²) >= 11 is 0. The van der Waals surface area contributed by atoms with Gasteiger partial charge in [-0.1, -0.05) is 97.3 Å². The Bertz CT molecular complexity index is 340. The van der Waals surface area contributed by atoms with E-state index in [1.807, 2.05) is 0 Å². The van der Waals surface area contributed by atoms with E-state index in [9.17, 15) is 9.90 Å². The van der Waals surface area contributed by atoms with Gasteiger partial charge in [-0.25, -0.2) is 4.79 Å². The minimum absolute atomic E-state index is 0.153. The van der Waals surface area contributed by atoms with Gasteiger partial charge in [0.2, 0.25) is 0 Å². The van der Waals surface area contributed by atoms with E-state index in [1.54, 1.807) is 0 Å². The molecule has 1 amide bonds. The second-order valence-corrected chi connectivity index (χ2v) is 8.03. The van der Waals surface area contributed by atoms with Crippen LogP contribution in [0.4, 0.5) is 4.79 Å². The van der Waals surface area contributed by atoms with Crippen LogP contribution in [0.25, 0.3) is 0 Å². The molecule has 3 N–H and O–H groups in total. The fourth-order valence-corrected chi connectivity index (χ4v) is 3.51. The zero-order chi connectivity index (χ0) is 20.9. The molecular weight excluding hydrogens is 352 g/mol. The van der Waals surface area contributed by atoms with Crippen molar-refractivity contribution in [1.29, 1.82) is 0 Å². The molecule has 0 radical (unpaired) electrons. The van der Waals surface area contributed by atoms with Crippen LogP contribution in [0.15, 0.2) is 0 Å². The molecule has 28 heavy (non-hydrogen) atoms. The monoisotopic (exact) mass is 400 g/mol. The van der Waals surface area contributed by atoms with Crippen molar-refractivity contribution in [3.8, 4) is 0 Å². The van der Waals surface area contributed by atoms with Crippen LogP contribution in [-0.4, -0.2) is 43.5 Å². The Morgan fingerprint density at radius 3 is 1.82 bits per heavy atom. The van der Waals surface area contributed by atoms with Crippen molar-refractivity contribution in [3.05, 3.63) is 0 Å². The molecule has 0 fully saturated rings. The van der Waals surface area contributed by atoms with Crippen molar-refractivity contribution in [2.45, 2.75) is 122 Å². The third-order valence-corrected chi connectivity index (χ3v) is 5.38. The SMILES string of the molecule is CCCCCCCCCCCCCC(CCCC)NCC(CO)OC(=O)NC. The van der Waals surface area contributed by atoms with Crippen LogP contribution in [0, 0.1) is 0 Å². The Morgan fingerprint density at radius 1 is 0.821 bits per heavy atom. The third-order valence-electron chi connectivity index (χ3n) is 5.38. The van der Waals surface area contributed by atoms with Crippen LogP contribution >= 0.6 is 0 Å². The fourth-order valence-electron chi connectivity index (χ4n) is 3.51. The maximum Gasteiger partial charge on any atom is 0.407 e. The van der Waals surface area contributed by atoms with Crippen molar-refractivity contribution >= 4 is 6.09 Å². The molecule has 2 atom stereocenters. The smallest absolute Gasteiger partial charge is 0.407 e. The van der Waals surface area contributed by atoms with E-state index in [-0.39, 0.29) is 6.61 Å². The summed E-state index contributed by atoms with van der Waals surface area (Å²) in [6.45, 7) is 4.84. The van der Waals surface area contributed by atoms with Gasteiger partial charge in [-0.3, -0.25) is 0 Å². The van der Waals surface area contributed by atoms with Crippen LogP contribution in [0.2, 0.25) is 0 Å². The van der Waals surface area contributed by atoms with Gasteiger partial charge in [0.25, 0.3) is 0 Å². The number of unbranched alkanes of at least 4 members (excludes halogenated alkanes) is 11. The summed E-state index contributed by atoms with van der Waals surface area (Å²) < 4.78 is 5.15. The minimum Gasteiger partial charge on any atom is -0.442 e. The number of carbonyl (C=O) groups is 1. The van der Waals surface area contributed by atoms with Gasteiger partial charge >= 0.3 is 6.09 Å². The van der Waals surface area contributed by atoms with E-state index in [4.69, 9.17) is 4.74 Å². The first-order valence-electron chi connectivity index (χ1n) is 11.9. The zero-order valence-corrected chi connectivity index (χ0v) is 18.9. The predicted octanol–water partition coefficient (Wildman–Crippen LogP) is 5.55. The van der Waals surface area contributed by atoms with Crippen molar-refractivity contribution in [2.75, 3.05) is 20.2 Å². The summed E-state index contributed by atoms with van der Waals surface area (Å²) in [5.74, 6) is 0. The van der Waals surface area contributed by atoms with Gasteiger partial charge in [0.15, 0.2) is 0 Å². The van der Waals surface area contributed by atoms with Crippen LogP contribution < -0.4 is 10.6 Å². The lowest BCUT2D eigenvalue weighted by Gasteiger charge is -2.22. The maximum atomic E-state index is 11.3. The molecule has 5 heteroatoms. The number of hydrogen-bond acceptors (Lipinski definition) is 4. The Morgan fingerprint density at radius 2 is 1.32 bits per heavy atom. The van der Waals surface area contributed by atoms with Crippen LogP contribution in [0.5, 0.6) is 0 Å². The maximum absolute atomic E-state index is 11.3. The minimum atomic E-state index is -0.490. The van der Waals surface area contributed by atoms with E-state index in [2.05, 4.69) is 24.5 Å². The van der Waals surface area contributed by atoms with Crippen molar-refractivity contribution in [1.82, 2.24) is 10.6 Å². The van der Waals surface area contributed by atoms with Crippen molar-refractivity contribution in [3.63, 3.8) is 0 Å². The highest BCUT2D eigenvalue weighted by Gasteiger charge is 2.15. The number of amides is 1. The lowest BCUT2D eigenvalue weighted by molar-refractivity contribution is 0.0566. The third kappa shape index (κ3) is 17.3. The van der Waals surface area contributed by atoms with E-state index in [1.165, 1.54) is 90.5 Å². The van der Waals surface area contributed by atoms with Gasteiger partial charge in [0.05, 0.1) is 6.61 Å². The first-order valence-corrected chi connectivity index (χ1v) is 11.9. The number of aliphatic hydroxyl groups is 1. The van der Waals surface area contributed by atoms with Crippen molar-refractivity contribution < 1.29 is 14.6 Å². The molecule has 0 aromatic heterocycles. The number of hydrogen-bond donors (Lipinski definition) is 3. The average Bonchev–Trinajstić information content (AvgIpc) is 2.71. The fraction of sp³-hybridized carbons (Fsp3) is 0.957. The van der Waals surface area contributed by atoms with Crippen molar-refractivity contribution in [2.24, 2.45) is 0 Å². The van der Waals surface area contributed by atoms with Gasteiger partial charge in [-0.15, -0.1) is 0 Å². The van der Waals surface area contributed by atoms with Crippen LogP contribution in [-0.2, 0) is 4.74 Å². The molecule has 168 valence electrons. The number of carbonyl (C=O) groups excluding carboxylic acids is 1. The molecule has 0 rings (SSSR count). The number of alkyl carbamates (subject to hydrolysis) is 1. The summed E-state index contributed by atoms with van der Waals surface area (Å²) in [5, 5.41) is 15.3. The first kappa shape index (κ1) is 27.2. The summed E-state index contributed by atoms with van der Waals surface area (Å²) in [6.07, 6.45) is 18.7. The van der Waals surface area contributed by atoms with Gasteiger partial charge in [0.1, 0.15) is 6.10 Å². The average molecular weight is 401 g/mol. The largest absolute Gasteiger partial charge is 0.442 e. The molecule has 5 nitrogen and oxygen atoms in total. The zero-order valence-electron chi connectivity index (χ0n) is 18.9. The highest BCUT2D eigenvalue weighted by molar-refractivity contribution is 5.66. The molecule has 0 aromatic rings. The Kier molecular flexibility index (Phi) is 20.3. The lowest BCUT2D eigenvalue weighted by atomic mass is 10.0. The number of ether oxygens (including phenoxy) is 1. The summed E-state index contributed by atoms with van der Waals surface area (Å²) in [4.78, 5) is 11.3. The Hall–Kier alpha value is -0.810. The molecule has 0 saturated heterocycles. The number of nitrogens with one attached hydrogen (secondary N) is 2. The van der Waals surface area contributed by atoms with Crippen LogP contribution in [0.3, 0.4) is 0 Å². The molecule has 0 bridgehead atoms. The van der Waals surface area contributed by atoms with E-state index < -0.39 is 12.2 Å². The lowest BCUT2D eigenvalue weighted by Crippen LogP contribution is -2.40.